The fourth-order valence-electron chi connectivity index (χ4n) is 4.22. The first kappa shape index (κ1) is 18.1. The highest BCUT2D eigenvalue weighted by Crippen LogP contribution is 2.45. The number of carbonyl (C=O) groups is 2. The Morgan fingerprint density at radius 1 is 1.03 bits per heavy atom. The molecule has 1 saturated heterocycles. The van der Waals surface area contributed by atoms with Gasteiger partial charge in [-0.15, -0.1) is 0 Å². The van der Waals surface area contributed by atoms with E-state index in [-0.39, 0.29) is 18.0 Å². The molecule has 1 aliphatic carbocycles. The number of anilines is 1. The topological polar surface area (TPSA) is 74.3 Å². The van der Waals surface area contributed by atoms with Gasteiger partial charge in [0.25, 0.3) is 5.91 Å². The maximum atomic E-state index is 12.6. The summed E-state index contributed by atoms with van der Waals surface area (Å²) in [6.45, 7) is 1.37. The number of carbonyl (C=O) groups excluding carboxylic acids is 2. The highest BCUT2D eigenvalue weighted by molar-refractivity contribution is 9.10. The SMILES string of the molecule is O=C(Nc1cccc2cnccc12)NC1C2CN(C(=O)c3ccc(Br)cc3)CC21. The Balaban J connectivity index is 1.18. The number of likely N-dealkylation sites (tertiary alicyclic amines) is 1. The van der Waals surface area contributed by atoms with Crippen LogP contribution in [-0.4, -0.2) is 41.0 Å². The number of aromatic nitrogens is 1. The average Bonchev–Trinajstić information content (AvgIpc) is 3.16. The molecule has 3 aromatic rings. The second-order valence-corrected chi connectivity index (χ2v) is 8.49. The maximum absolute atomic E-state index is 12.6. The van der Waals surface area contributed by atoms with Crippen molar-refractivity contribution in [2.75, 3.05) is 18.4 Å². The van der Waals surface area contributed by atoms with Crippen LogP contribution in [0.1, 0.15) is 10.4 Å². The molecular formula is C22H19BrN4O2. The molecule has 2 fully saturated rings. The Kier molecular flexibility index (Phi) is 4.47. The normalized spacial score (nSPS) is 22.2. The molecule has 0 bridgehead atoms. The number of piperidine rings is 1. The molecule has 2 unspecified atom stereocenters. The van der Waals surface area contributed by atoms with E-state index in [2.05, 4.69) is 31.5 Å². The van der Waals surface area contributed by atoms with E-state index in [0.29, 0.717) is 30.5 Å². The molecule has 5 rings (SSSR count). The minimum absolute atomic E-state index is 0.0530. The third kappa shape index (κ3) is 3.46. The van der Waals surface area contributed by atoms with Crippen molar-refractivity contribution in [3.63, 3.8) is 0 Å². The largest absolute Gasteiger partial charge is 0.338 e. The number of nitrogens with zero attached hydrogens (tertiary/aromatic N) is 2. The lowest BCUT2D eigenvalue weighted by molar-refractivity contribution is 0.0772. The molecule has 2 aliphatic rings. The number of rotatable bonds is 3. The van der Waals surface area contributed by atoms with Crippen LogP contribution in [0.5, 0.6) is 0 Å². The Hall–Kier alpha value is -2.93. The summed E-state index contributed by atoms with van der Waals surface area (Å²) in [5.41, 5.74) is 1.46. The molecule has 6 nitrogen and oxygen atoms in total. The lowest BCUT2D eigenvalue weighted by Crippen LogP contribution is -2.39. The first-order valence-corrected chi connectivity index (χ1v) is 10.3. The van der Waals surface area contributed by atoms with E-state index in [9.17, 15) is 9.59 Å². The summed E-state index contributed by atoms with van der Waals surface area (Å²) in [4.78, 5) is 31.1. The van der Waals surface area contributed by atoms with Gasteiger partial charge in [-0.25, -0.2) is 4.79 Å². The number of amides is 3. The summed E-state index contributed by atoms with van der Waals surface area (Å²) >= 11 is 3.39. The summed E-state index contributed by atoms with van der Waals surface area (Å²) in [7, 11) is 0. The molecule has 2 heterocycles. The van der Waals surface area contributed by atoms with Crippen molar-refractivity contribution in [2.24, 2.45) is 11.8 Å². The number of urea groups is 1. The van der Waals surface area contributed by atoms with Crippen LogP contribution < -0.4 is 10.6 Å². The van der Waals surface area contributed by atoms with Crippen molar-refractivity contribution in [3.05, 3.63) is 71.0 Å². The second kappa shape index (κ2) is 7.15. The van der Waals surface area contributed by atoms with Crippen molar-refractivity contribution < 1.29 is 9.59 Å². The van der Waals surface area contributed by atoms with Gasteiger partial charge < -0.3 is 15.5 Å². The van der Waals surface area contributed by atoms with Gasteiger partial charge >= 0.3 is 6.03 Å². The predicted octanol–water partition coefficient (Wildman–Crippen LogP) is 3.89. The van der Waals surface area contributed by atoms with E-state index < -0.39 is 0 Å². The smallest absolute Gasteiger partial charge is 0.319 e. The van der Waals surface area contributed by atoms with Crippen molar-refractivity contribution in [3.8, 4) is 0 Å². The molecule has 0 radical (unpaired) electrons. The molecule has 29 heavy (non-hydrogen) atoms. The number of halogens is 1. The molecule has 3 amide bonds. The monoisotopic (exact) mass is 450 g/mol. The zero-order valence-corrected chi connectivity index (χ0v) is 17.1. The zero-order chi connectivity index (χ0) is 20.0. The highest BCUT2D eigenvalue weighted by atomic mass is 79.9. The van der Waals surface area contributed by atoms with Gasteiger partial charge in [0.05, 0.1) is 5.69 Å². The van der Waals surface area contributed by atoms with Gasteiger partial charge in [-0.1, -0.05) is 28.1 Å². The fourth-order valence-corrected chi connectivity index (χ4v) is 4.49. The lowest BCUT2D eigenvalue weighted by Gasteiger charge is -2.20. The minimum atomic E-state index is -0.209. The van der Waals surface area contributed by atoms with Crippen LogP contribution in [0, 0.1) is 11.8 Å². The number of hydrogen-bond acceptors (Lipinski definition) is 3. The van der Waals surface area contributed by atoms with Crippen molar-refractivity contribution in [1.82, 2.24) is 15.2 Å². The van der Waals surface area contributed by atoms with Crippen LogP contribution in [0.4, 0.5) is 10.5 Å². The Morgan fingerprint density at radius 2 is 1.79 bits per heavy atom. The van der Waals surface area contributed by atoms with E-state index in [0.717, 1.165) is 20.9 Å². The molecular weight excluding hydrogens is 432 g/mol. The Morgan fingerprint density at radius 3 is 2.55 bits per heavy atom. The summed E-state index contributed by atoms with van der Waals surface area (Å²) in [5.74, 6) is 0.714. The molecule has 146 valence electrons. The van der Waals surface area contributed by atoms with Crippen molar-refractivity contribution >= 4 is 44.3 Å². The van der Waals surface area contributed by atoms with Gasteiger partial charge in [-0.3, -0.25) is 9.78 Å². The minimum Gasteiger partial charge on any atom is -0.338 e. The molecule has 2 atom stereocenters. The number of nitrogens with one attached hydrogen (secondary N) is 2. The van der Waals surface area contributed by atoms with Crippen LogP contribution in [-0.2, 0) is 0 Å². The number of fused-ring (bicyclic) bond motifs is 2. The van der Waals surface area contributed by atoms with E-state index >= 15 is 0 Å². The second-order valence-electron chi connectivity index (χ2n) is 7.57. The van der Waals surface area contributed by atoms with Gasteiger partial charge in [0.15, 0.2) is 0 Å². The van der Waals surface area contributed by atoms with E-state index in [1.54, 1.807) is 12.4 Å². The van der Waals surface area contributed by atoms with Crippen LogP contribution in [0.2, 0.25) is 0 Å². The molecule has 7 heteroatoms. The lowest BCUT2D eigenvalue weighted by atomic mass is 10.1. The summed E-state index contributed by atoms with van der Waals surface area (Å²) in [6.07, 6.45) is 3.49. The quantitative estimate of drug-likeness (QED) is 0.635. The third-order valence-electron chi connectivity index (χ3n) is 5.80. The molecule has 2 N–H and O–H groups in total. The van der Waals surface area contributed by atoms with Crippen LogP contribution in [0.25, 0.3) is 10.8 Å². The Bertz CT molecular complexity index is 1080. The highest BCUT2D eigenvalue weighted by Gasteiger charge is 2.57. The first-order chi connectivity index (χ1) is 14.1. The number of benzene rings is 2. The van der Waals surface area contributed by atoms with Gasteiger partial charge in [-0.05, 0) is 36.4 Å². The van der Waals surface area contributed by atoms with Crippen molar-refractivity contribution in [1.29, 1.82) is 0 Å². The summed E-state index contributed by atoms with van der Waals surface area (Å²) < 4.78 is 0.955. The third-order valence-corrected chi connectivity index (χ3v) is 6.33. The number of hydrogen-bond donors (Lipinski definition) is 2. The van der Waals surface area contributed by atoms with E-state index in [1.165, 1.54) is 0 Å². The van der Waals surface area contributed by atoms with E-state index in [1.807, 2.05) is 53.4 Å². The van der Waals surface area contributed by atoms with Gasteiger partial charge in [-0.2, -0.15) is 0 Å². The van der Waals surface area contributed by atoms with Gasteiger partial charge in [0, 0.05) is 64.2 Å². The van der Waals surface area contributed by atoms with Crippen molar-refractivity contribution in [2.45, 2.75) is 6.04 Å². The van der Waals surface area contributed by atoms with E-state index in [4.69, 9.17) is 0 Å². The van der Waals surface area contributed by atoms with Crippen LogP contribution in [0.3, 0.4) is 0 Å². The average molecular weight is 451 g/mol. The predicted molar refractivity (Wildman–Crippen MR) is 115 cm³/mol. The Labute approximate surface area is 176 Å². The van der Waals surface area contributed by atoms with Gasteiger partial charge in [0.2, 0.25) is 0 Å². The fraction of sp³-hybridized carbons (Fsp3) is 0.227. The summed E-state index contributed by atoms with van der Waals surface area (Å²) in [6, 6.07) is 15.0. The first-order valence-electron chi connectivity index (χ1n) is 9.55. The maximum Gasteiger partial charge on any atom is 0.319 e. The number of pyridine rings is 1. The van der Waals surface area contributed by atoms with Gasteiger partial charge in [0.1, 0.15) is 0 Å². The zero-order valence-electron chi connectivity index (χ0n) is 15.5. The molecule has 0 spiro atoms. The molecule has 1 aliphatic heterocycles. The standard InChI is InChI=1S/C22H19BrN4O2/c23-15-6-4-13(5-7-15)21(28)27-11-17-18(12-27)20(17)26-22(29)25-19-3-1-2-14-10-24-9-8-16(14)19/h1-10,17-18,20H,11-12H2,(H2,25,26,29). The molecule has 1 saturated carbocycles. The van der Waals surface area contributed by atoms with Crippen LogP contribution in [0.15, 0.2) is 65.4 Å². The molecule has 2 aromatic carbocycles. The van der Waals surface area contributed by atoms with Crippen LogP contribution >= 0.6 is 15.9 Å². The molecule has 1 aromatic heterocycles. The summed E-state index contributed by atoms with van der Waals surface area (Å²) in [5, 5.41) is 7.95.